The van der Waals surface area contributed by atoms with E-state index in [-0.39, 0.29) is 10.6 Å². The molecule has 0 spiro atoms. The predicted octanol–water partition coefficient (Wildman–Crippen LogP) is 2.53. The monoisotopic (exact) mass is 299 g/mol. The Bertz CT molecular complexity index is 516. The van der Waals surface area contributed by atoms with E-state index in [2.05, 4.69) is 10.4 Å². The maximum Gasteiger partial charge on any atom is 0.287 e. The van der Waals surface area contributed by atoms with Crippen LogP contribution in [-0.4, -0.2) is 29.0 Å². The van der Waals surface area contributed by atoms with Gasteiger partial charge in [0.15, 0.2) is 0 Å². The Hall–Kier alpha value is -1.07. The van der Waals surface area contributed by atoms with E-state index in [1.165, 1.54) is 4.68 Å². The zero-order valence-corrected chi connectivity index (χ0v) is 13.0. The fourth-order valence-corrected chi connectivity index (χ4v) is 2.75. The Morgan fingerprint density at radius 3 is 2.90 bits per heavy atom. The highest BCUT2D eigenvalue weighted by Gasteiger charge is 2.25. The summed E-state index contributed by atoms with van der Waals surface area (Å²) in [5.41, 5.74) is 0.394. The third kappa shape index (κ3) is 3.52. The largest absolute Gasteiger partial charge is 0.381 e. The van der Waals surface area contributed by atoms with Gasteiger partial charge in [-0.25, -0.2) is 4.68 Å². The first-order valence-electron chi connectivity index (χ1n) is 7.06. The van der Waals surface area contributed by atoms with Crippen LogP contribution in [0, 0.1) is 5.92 Å². The Kier molecular flexibility index (Phi) is 5.05. The Labute approximate surface area is 124 Å². The van der Waals surface area contributed by atoms with Crippen molar-refractivity contribution in [2.75, 3.05) is 12.4 Å². The number of nitrogens with zero attached hydrogens (tertiary/aromatic N) is 2. The van der Waals surface area contributed by atoms with Crippen LogP contribution in [0.2, 0.25) is 5.02 Å². The van der Waals surface area contributed by atoms with Crippen molar-refractivity contribution in [1.82, 2.24) is 9.78 Å². The van der Waals surface area contributed by atoms with Crippen molar-refractivity contribution in [1.29, 1.82) is 0 Å². The average Bonchev–Trinajstić information content (AvgIpc) is 2.86. The molecule has 0 radical (unpaired) electrons. The van der Waals surface area contributed by atoms with Gasteiger partial charge in [0.1, 0.15) is 5.02 Å². The van der Waals surface area contributed by atoms with Gasteiger partial charge in [-0.1, -0.05) is 25.4 Å². The van der Waals surface area contributed by atoms with Crippen molar-refractivity contribution in [3.8, 4) is 0 Å². The summed E-state index contributed by atoms with van der Waals surface area (Å²) >= 11 is 6.16. The van der Waals surface area contributed by atoms with E-state index < -0.39 is 0 Å². The number of halogens is 1. The smallest absolute Gasteiger partial charge is 0.287 e. The first-order valence-corrected chi connectivity index (χ1v) is 7.44. The number of aromatic nitrogens is 2. The highest BCUT2D eigenvalue weighted by molar-refractivity contribution is 6.32. The van der Waals surface area contributed by atoms with Gasteiger partial charge in [0, 0.05) is 19.7 Å². The van der Waals surface area contributed by atoms with Gasteiger partial charge >= 0.3 is 0 Å². The highest BCUT2D eigenvalue weighted by Crippen LogP contribution is 2.26. The summed E-state index contributed by atoms with van der Waals surface area (Å²) in [6.07, 6.45) is 4.92. The van der Waals surface area contributed by atoms with Crippen molar-refractivity contribution in [3.63, 3.8) is 0 Å². The third-order valence-corrected chi connectivity index (χ3v) is 3.97. The number of methoxy groups -OCH3 is 1. The molecule has 1 aromatic heterocycles. The molecule has 5 nitrogen and oxygen atoms in total. The molecule has 0 aromatic carbocycles. The summed E-state index contributed by atoms with van der Waals surface area (Å²) in [6, 6.07) is 0.291. The molecule has 1 fully saturated rings. The molecule has 2 atom stereocenters. The van der Waals surface area contributed by atoms with Crippen molar-refractivity contribution in [2.24, 2.45) is 5.92 Å². The van der Waals surface area contributed by atoms with Crippen LogP contribution in [0.5, 0.6) is 0 Å². The number of hydrogen-bond acceptors (Lipinski definition) is 4. The van der Waals surface area contributed by atoms with E-state index >= 15 is 0 Å². The summed E-state index contributed by atoms with van der Waals surface area (Å²) in [7, 11) is 1.73. The van der Waals surface area contributed by atoms with Crippen LogP contribution >= 0.6 is 11.6 Å². The van der Waals surface area contributed by atoms with Crippen LogP contribution in [0.4, 0.5) is 5.69 Å². The molecule has 0 saturated heterocycles. The molecule has 1 N–H and O–H groups in total. The lowest BCUT2D eigenvalue weighted by Gasteiger charge is -2.16. The van der Waals surface area contributed by atoms with Crippen LogP contribution in [-0.2, 0) is 11.3 Å². The molecule has 0 bridgehead atoms. The standard InChI is InChI=1S/C14H22ClN3O2/c1-9(2)8-18-14(19)13(15)12(7-16-18)17-10-4-5-11(6-10)20-3/h7,9-11,17H,4-6,8H2,1-3H3. The van der Waals surface area contributed by atoms with Gasteiger partial charge in [-0.15, -0.1) is 0 Å². The Balaban J connectivity index is 2.10. The molecule has 6 heteroatoms. The lowest BCUT2D eigenvalue weighted by atomic mass is 10.2. The van der Waals surface area contributed by atoms with Gasteiger partial charge in [-0.05, 0) is 25.2 Å². The fraction of sp³-hybridized carbons (Fsp3) is 0.714. The second kappa shape index (κ2) is 6.59. The predicted molar refractivity (Wildman–Crippen MR) is 80.4 cm³/mol. The van der Waals surface area contributed by atoms with Gasteiger partial charge < -0.3 is 10.1 Å². The minimum atomic E-state index is -0.230. The van der Waals surface area contributed by atoms with Crippen LogP contribution in [0.1, 0.15) is 33.1 Å². The average molecular weight is 300 g/mol. The molecule has 0 aliphatic heterocycles. The SMILES string of the molecule is COC1CCC(Nc2cnn(CC(C)C)c(=O)c2Cl)C1. The Morgan fingerprint density at radius 2 is 2.30 bits per heavy atom. The molecule has 1 aliphatic rings. The molecule has 2 rings (SSSR count). The molecule has 0 amide bonds. The molecule has 1 aliphatic carbocycles. The van der Waals surface area contributed by atoms with E-state index in [0.717, 1.165) is 19.3 Å². The quantitative estimate of drug-likeness (QED) is 0.908. The minimum absolute atomic E-state index is 0.224. The van der Waals surface area contributed by atoms with Gasteiger partial charge in [0.2, 0.25) is 0 Å². The van der Waals surface area contributed by atoms with Gasteiger partial charge in [0.25, 0.3) is 5.56 Å². The topological polar surface area (TPSA) is 56.1 Å². The van der Waals surface area contributed by atoms with Crippen LogP contribution in [0.3, 0.4) is 0 Å². The number of anilines is 1. The number of ether oxygens (including phenoxy) is 1. The maximum atomic E-state index is 12.1. The fourth-order valence-electron chi connectivity index (χ4n) is 2.55. The normalized spacial score (nSPS) is 22.4. The summed E-state index contributed by atoms with van der Waals surface area (Å²) < 4.78 is 6.76. The zero-order chi connectivity index (χ0) is 14.7. The van der Waals surface area contributed by atoms with E-state index in [1.807, 2.05) is 13.8 Å². The molecule has 20 heavy (non-hydrogen) atoms. The van der Waals surface area contributed by atoms with E-state index in [1.54, 1.807) is 13.3 Å². The summed E-state index contributed by atoms with van der Waals surface area (Å²) in [6.45, 7) is 4.66. The van der Waals surface area contributed by atoms with Crippen LogP contribution in [0.15, 0.2) is 11.0 Å². The molecule has 112 valence electrons. The summed E-state index contributed by atoms with van der Waals surface area (Å²) in [5, 5.41) is 7.72. The number of rotatable bonds is 5. The van der Waals surface area contributed by atoms with E-state index in [0.29, 0.717) is 30.3 Å². The van der Waals surface area contributed by atoms with Crippen LogP contribution in [0.25, 0.3) is 0 Å². The van der Waals surface area contributed by atoms with Gasteiger partial charge in [-0.2, -0.15) is 5.10 Å². The summed E-state index contributed by atoms with van der Waals surface area (Å²) in [4.78, 5) is 12.1. The number of nitrogens with one attached hydrogen (secondary N) is 1. The highest BCUT2D eigenvalue weighted by atomic mass is 35.5. The zero-order valence-electron chi connectivity index (χ0n) is 12.2. The van der Waals surface area contributed by atoms with E-state index in [9.17, 15) is 4.79 Å². The molecule has 1 saturated carbocycles. The lowest BCUT2D eigenvalue weighted by Crippen LogP contribution is -2.27. The second-order valence-corrected chi connectivity index (χ2v) is 6.14. The molecular weight excluding hydrogens is 278 g/mol. The van der Waals surface area contributed by atoms with Gasteiger partial charge in [0.05, 0.1) is 18.0 Å². The first kappa shape index (κ1) is 15.3. The van der Waals surface area contributed by atoms with Crippen LogP contribution < -0.4 is 10.9 Å². The maximum absolute atomic E-state index is 12.1. The van der Waals surface area contributed by atoms with Crippen molar-refractivity contribution in [3.05, 3.63) is 21.6 Å². The minimum Gasteiger partial charge on any atom is -0.381 e. The third-order valence-electron chi connectivity index (χ3n) is 3.60. The van der Waals surface area contributed by atoms with Crippen molar-refractivity contribution in [2.45, 2.75) is 51.8 Å². The number of hydrogen-bond donors (Lipinski definition) is 1. The van der Waals surface area contributed by atoms with E-state index in [4.69, 9.17) is 16.3 Å². The first-order chi connectivity index (χ1) is 9.51. The molecular formula is C14H22ClN3O2. The Morgan fingerprint density at radius 1 is 1.55 bits per heavy atom. The molecule has 1 heterocycles. The lowest BCUT2D eigenvalue weighted by molar-refractivity contribution is 0.108. The van der Waals surface area contributed by atoms with Crippen molar-refractivity contribution >= 4 is 17.3 Å². The van der Waals surface area contributed by atoms with Crippen molar-refractivity contribution < 1.29 is 4.74 Å². The molecule has 1 aromatic rings. The second-order valence-electron chi connectivity index (χ2n) is 5.77. The summed E-state index contributed by atoms with van der Waals surface area (Å²) in [5.74, 6) is 0.354. The molecule has 2 unspecified atom stereocenters. The van der Waals surface area contributed by atoms with Gasteiger partial charge in [-0.3, -0.25) is 4.79 Å².